The topological polar surface area (TPSA) is 46.5 Å². The van der Waals surface area contributed by atoms with Crippen LogP contribution in [0.5, 0.6) is 5.75 Å². The Bertz CT molecular complexity index is 799. The van der Waals surface area contributed by atoms with Gasteiger partial charge >= 0.3 is 5.97 Å². The Morgan fingerprint density at radius 1 is 1.05 bits per heavy atom. The monoisotopic (exact) mass is 296 g/mol. The Morgan fingerprint density at radius 2 is 1.86 bits per heavy atom. The molecule has 0 radical (unpaired) electrons. The number of benzene rings is 2. The van der Waals surface area contributed by atoms with E-state index in [2.05, 4.69) is 0 Å². The number of carbonyl (C=O) groups is 1. The minimum Gasteiger partial charge on any atom is -0.478 e. The number of hydrogen-bond acceptors (Lipinski definition) is 3. The molecule has 0 aliphatic rings. The summed E-state index contributed by atoms with van der Waals surface area (Å²) in [5.41, 5.74) is 0. The van der Waals surface area contributed by atoms with E-state index >= 15 is 0 Å². The smallest absolute Gasteiger partial charge is 0.332 e. The van der Waals surface area contributed by atoms with Crippen molar-refractivity contribution >= 4 is 33.8 Å². The first-order valence-electron chi connectivity index (χ1n) is 6.38. The summed E-state index contributed by atoms with van der Waals surface area (Å²) < 4.78 is 5.87. The SMILES string of the molecule is O=C(O)C=C(Oc1cccc2ccccc12)c1cccs1. The summed E-state index contributed by atoms with van der Waals surface area (Å²) in [5, 5.41) is 12.9. The molecular weight excluding hydrogens is 284 g/mol. The standard InChI is InChI=1S/C17H12O3S/c18-17(19)11-15(16-9-4-10-21-16)20-14-8-3-6-12-5-1-2-7-13(12)14/h1-11H,(H,18,19). The third-order valence-corrected chi connectivity index (χ3v) is 3.87. The molecular formula is C17H12O3S. The maximum absolute atomic E-state index is 11.0. The average molecular weight is 296 g/mol. The third kappa shape index (κ3) is 2.95. The van der Waals surface area contributed by atoms with E-state index in [0.29, 0.717) is 11.5 Å². The van der Waals surface area contributed by atoms with Crippen molar-refractivity contribution < 1.29 is 14.6 Å². The molecule has 0 aliphatic heterocycles. The molecule has 21 heavy (non-hydrogen) atoms. The fourth-order valence-corrected chi connectivity index (χ4v) is 2.76. The van der Waals surface area contributed by atoms with Gasteiger partial charge in [-0.25, -0.2) is 4.79 Å². The van der Waals surface area contributed by atoms with Crippen LogP contribution >= 0.6 is 11.3 Å². The van der Waals surface area contributed by atoms with Gasteiger partial charge in [0.1, 0.15) is 5.75 Å². The molecule has 1 aromatic heterocycles. The van der Waals surface area contributed by atoms with Crippen molar-refractivity contribution in [1.29, 1.82) is 0 Å². The number of aliphatic carboxylic acids is 1. The van der Waals surface area contributed by atoms with E-state index in [9.17, 15) is 4.79 Å². The lowest BCUT2D eigenvalue weighted by atomic mass is 10.1. The number of rotatable bonds is 4. The van der Waals surface area contributed by atoms with Crippen molar-refractivity contribution in [1.82, 2.24) is 0 Å². The average Bonchev–Trinajstić information content (AvgIpc) is 3.01. The highest BCUT2D eigenvalue weighted by Crippen LogP contribution is 2.30. The zero-order chi connectivity index (χ0) is 14.7. The van der Waals surface area contributed by atoms with Gasteiger partial charge in [-0.3, -0.25) is 0 Å². The van der Waals surface area contributed by atoms with E-state index in [1.807, 2.05) is 60.0 Å². The maximum atomic E-state index is 11.0. The van der Waals surface area contributed by atoms with Crippen molar-refractivity contribution in [3.63, 3.8) is 0 Å². The lowest BCUT2D eigenvalue weighted by Crippen LogP contribution is -1.98. The second-order valence-corrected chi connectivity index (χ2v) is 5.35. The maximum Gasteiger partial charge on any atom is 0.332 e. The Labute approximate surface area is 125 Å². The van der Waals surface area contributed by atoms with Crippen molar-refractivity contribution in [2.45, 2.75) is 0 Å². The molecule has 2 aromatic carbocycles. The summed E-state index contributed by atoms with van der Waals surface area (Å²) in [6.45, 7) is 0. The van der Waals surface area contributed by atoms with Gasteiger partial charge < -0.3 is 9.84 Å². The molecule has 104 valence electrons. The fourth-order valence-electron chi connectivity index (χ4n) is 2.08. The van der Waals surface area contributed by atoms with Crippen LogP contribution in [0.3, 0.4) is 0 Å². The minimum absolute atomic E-state index is 0.342. The lowest BCUT2D eigenvalue weighted by Gasteiger charge is -2.10. The molecule has 1 heterocycles. The van der Waals surface area contributed by atoms with Gasteiger partial charge in [-0.2, -0.15) is 0 Å². The van der Waals surface area contributed by atoms with Gasteiger partial charge in [0.05, 0.1) is 11.0 Å². The molecule has 0 amide bonds. The summed E-state index contributed by atoms with van der Waals surface area (Å²) in [7, 11) is 0. The molecule has 4 heteroatoms. The lowest BCUT2D eigenvalue weighted by molar-refractivity contribution is -0.131. The predicted molar refractivity (Wildman–Crippen MR) is 84.5 cm³/mol. The third-order valence-electron chi connectivity index (χ3n) is 2.99. The Morgan fingerprint density at radius 3 is 2.62 bits per heavy atom. The Hall–Kier alpha value is -2.59. The summed E-state index contributed by atoms with van der Waals surface area (Å²) in [6, 6.07) is 17.3. The molecule has 3 rings (SSSR count). The first-order valence-corrected chi connectivity index (χ1v) is 7.26. The van der Waals surface area contributed by atoms with E-state index < -0.39 is 5.97 Å². The number of fused-ring (bicyclic) bond motifs is 1. The molecule has 3 aromatic rings. The summed E-state index contributed by atoms with van der Waals surface area (Å²) in [4.78, 5) is 11.8. The van der Waals surface area contributed by atoms with Crippen LogP contribution in [-0.4, -0.2) is 11.1 Å². The molecule has 0 aliphatic carbocycles. The van der Waals surface area contributed by atoms with E-state index in [4.69, 9.17) is 9.84 Å². The van der Waals surface area contributed by atoms with Gasteiger partial charge in [0, 0.05) is 5.39 Å². The van der Waals surface area contributed by atoms with E-state index in [-0.39, 0.29) is 0 Å². The van der Waals surface area contributed by atoms with E-state index in [1.54, 1.807) is 0 Å². The molecule has 0 atom stereocenters. The Balaban J connectivity index is 2.05. The quantitative estimate of drug-likeness (QED) is 0.573. The van der Waals surface area contributed by atoms with Crippen molar-refractivity contribution in [3.05, 3.63) is 70.9 Å². The largest absolute Gasteiger partial charge is 0.478 e. The molecule has 0 bridgehead atoms. The summed E-state index contributed by atoms with van der Waals surface area (Å²) >= 11 is 1.44. The summed E-state index contributed by atoms with van der Waals surface area (Å²) in [6.07, 6.45) is 1.09. The van der Waals surface area contributed by atoms with Crippen LogP contribution in [0.2, 0.25) is 0 Å². The second-order valence-electron chi connectivity index (χ2n) is 4.40. The molecule has 0 spiro atoms. The van der Waals surface area contributed by atoms with Gasteiger partial charge in [0.15, 0.2) is 5.76 Å². The first-order chi connectivity index (χ1) is 10.2. The molecule has 0 saturated carbocycles. The second kappa shape index (κ2) is 5.81. The van der Waals surface area contributed by atoms with Gasteiger partial charge in [-0.1, -0.05) is 42.5 Å². The highest BCUT2D eigenvalue weighted by Gasteiger charge is 2.10. The number of carboxylic acids is 1. The van der Waals surface area contributed by atoms with Crippen LogP contribution in [0, 0.1) is 0 Å². The molecule has 3 nitrogen and oxygen atoms in total. The fraction of sp³-hybridized carbons (Fsp3) is 0. The van der Waals surface area contributed by atoms with Gasteiger partial charge in [-0.15, -0.1) is 11.3 Å². The summed E-state index contributed by atoms with van der Waals surface area (Å²) in [5.74, 6) is -0.0403. The zero-order valence-electron chi connectivity index (χ0n) is 11.0. The molecule has 0 saturated heterocycles. The van der Waals surface area contributed by atoms with Crippen LogP contribution in [0.4, 0.5) is 0 Å². The van der Waals surface area contributed by atoms with Crippen LogP contribution in [0.15, 0.2) is 66.1 Å². The van der Waals surface area contributed by atoms with Crippen LogP contribution in [0.1, 0.15) is 4.88 Å². The number of thiophene rings is 1. The Kier molecular flexibility index (Phi) is 3.71. The van der Waals surface area contributed by atoms with Gasteiger partial charge in [-0.05, 0) is 22.9 Å². The van der Waals surface area contributed by atoms with E-state index in [1.165, 1.54) is 11.3 Å². The van der Waals surface area contributed by atoms with Crippen molar-refractivity contribution in [3.8, 4) is 5.75 Å². The highest BCUT2D eigenvalue weighted by molar-refractivity contribution is 7.11. The number of carboxylic acid groups (broad SMARTS) is 1. The van der Waals surface area contributed by atoms with Crippen molar-refractivity contribution in [2.24, 2.45) is 0 Å². The predicted octanol–water partition coefficient (Wildman–Crippen LogP) is 4.41. The van der Waals surface area contributed by atoms with Crippen LogP contribution < -0.4 is 4.74 Å². The van der Waals surface area contributed by atoms with Crippen LogP contribution in [0.25, 0.3) is 16.5 Å². The highest BCUT2D eigenvalue weighted by atomic mass is 32.1. The number of ether oxygens (including phenoxy) is 1. The van der Waals surface area contributed by atoms with Gasteiger partial charge in [0.25, 0.3) is 0 Å². The van der Waals surface area contributed by atoms with Gasteiger partial charge in [0.2, 0.25) is 0 Å². The molecule has 1 N–H and O–H groups in total. The first kappa shape index (κ1) is 13.4. The normalized spacial score (nSPS) is 11.5. The van der Waals surface area contributed by atoms with Crippen LogP contribution in [-0.2, 0) is 4.79 Å². The molecule has 0 fully saturated rings. The van der Waals surface area contributed by atoms with E-state index in [0.717, 1.165) is 21.7 Å². The number of hydrogen-bond donors (Lipinski definition) is 1. The van der Waals surface area contributed by atoms with Crippen molar-refractivity contribution in [2.75, 3.05) is 0 Å². The zero-order valence-corrected chi connectivity index (χ0v) is 11.8. The molecule has 0 unspecified atom stereocenters. The minimum atomic E-state index is -1.03.